The summed E-state index contributed by atoms with van der Waals surface area (Å²) >= 11 is 1.64. The Morgan fingerprint density at radius 1 is 1.48 bits per heavy atom. The van der Waals surface area contributed by atoms with Crippen molar-refractivity contribution in [2.24, 2.45) is 5.92 Å². The van der Waals surface area contributed by atoms with E-state index in [1.54, 1.807) is 11.3 Å². The Hall–Kier alpha value is -0.940. The molecule has 118 valence electrons. The molecule has 1 aliphatic rings. The molecule has 2 N–H and O–H groups in total. The number of thiazole rings is 1. The summed E-state index contributed by atoms with van der Waals surface area (Å²) in [7, 11) is 0. The zero-order valence-corrected chi connectivity index (χ0v) is 14.1. The Balaban J connectivity index is 1.85. The van der Waals surface area contributed by atoms with E-state index in [2.05, 4.69) is 36.4 Å². The minimum Gasteiger partial charge on any atom is -0.352 e. The van der Waals surface area contributed by atoms with Gasteiger partial charge in [-0.2, -0.15) is 0 Å². The van der Waals surface area contributed by atoms with Gasteiger partial charge in [-0.05, 0) is 32.1 Å². The number of carbonyl (C=O) groups excluding carboxylic acids is 1. The highest BCUT2D eigenvalue weighted by Gasteiger charge is 2.28. The molecule has 3 unspecified atom stereocenters. The largest absolute Gasteiger partial charge is 0.352 e. The Kier molecular flexibility index (Phi) is 5.76. The van der Waals surface area contributed by atoms with Crippen LogP contribution >= 0.6 is 11.3 Å². The average Bonchev–Trinajstić information content (AvgIpc) is 3.02. The van der Waals surface area contributed by atoms with Crippen molar-refractivity contribution in [1.82, 2.24) is 15.6 Å². The van der Waals surface area contributed by atoms with E-state index in [4.69, 9.17) is 0 Å². The number of nitrogens with one attached hydrogen (secondary N) is 2. The fraction of sp³-hybridized carbons (Fsp3) is 0.750. The van der Waals surface area contributed by atoms with Gasteiger partial charge in [-0.25, -0.2) is 4.98 Å². The van der Waals surface area contributed by atoms with E-state index in [-0.39, 0.29) is 11.4 Å². The zero-order chi connectivity index (χ0) is 15.3. The standard InChI is InChI=1S/C16H27N3OS/c1-4-16(3,15-17-9-10-21-15)18-11-14(20)19-13-8-6-5-7-12(13)2/h9-10,12-13,18H,4-8,11H2,1-3H3,(H,19,20). The minimum absolute atomic E-state index is 0.102. The monoisotopic (exact) mass is 309 g/mol. The molecule has 0 radical (unpaired) electrons. The lowest BCUT2D eigenvalue weighted by molar-refractivity contribution is -0.121. The molecule has 0 aliphatic heterocycles. The van der Waals surface area contributed by atoms with E-state index in [0.29, 0.717) is 18.5 Å². The fourth-order valence-corrected chi connectivity index (χ4v) is 3.76. The predicted molar refractivity (Wildman–Crippen MR) is 87.3 cm³/mol. The summed E-state index contributed by atoms with van der Waals surface area (Å²) < 4.78 is 0. The zero-order valence-electron chi connectivity index (χ0n) is 13.3. The number of nitrogens with zero attached hydrogens (tertiary/aromatic N) is 1. The molecule has 1 aromatic rings. The molecule has 0 saturated heterocycles. The van der Waals surface area contributed by atoms with Crippen molar-refractivity contribution >= 4 is 17.2 Å². The first kappa shape index (κ1) is 16.4. The molecular weight excluding hydrogens is 282 g/mol. The molecule has 0 spiro atoms. The van der Waals surface area contributed by atoms with Crippen molar-refractivity contribution in [3.8, 4) is 0 Å². The smallest absolute Gasteiger partial charge is 0.234 e. The molecule has 1 amide bonds. The van der Waals surface area contributed by atoms with E-state index in [0.717, 1.165) is 17.8 Å². The second-order valence-electron chi connectivity index (χ2n) is 6.31. The van der Waals surface area contributed by atoms with E-state index in [1.807, 2.05) is 11.6 Å². The van der Waals surface area contributed by atoms with Gasteiger partial charge >= 0.3 is 0 Å². The summed E-state index contributed by atoms with van der Waals surface area (Å²) in [6.07, 6.45) is 7.60. The number of carbonyl (C=O) groups is 1. The predicted octanol–water partition coefficient (Wildman–Crippen LogP) is 3.05. The fourth-order valence-electron chi connectivity index (χ4n) is 2.91. The van der Waals surface area contributed by atoms with E-state index in [1.165, 1.54) is 19.3 Å². The lowest BCUT2D eigenvalue weighted by Crippen LogP contribution is -2.48. The lowest BCUT2D eigenvalue weighted by Gasteiger charge is -2.31. The van der Waals surface area contributed by atoms with Gasteiger partial charge in [-0.3, -0.25) is 10.1 Å². The number of hydrogen-bond acceptors (Lipinski definition) is 4. The van der Waals surface area contributed by atoms with Crippen LogP contribution in [-0.2, 0) is 10.3 Å². The van der Waals surface area contributed by atoms with E-state index < -0.39 is 0 Å². The molecule has 1 fully saturated rings. The minimum atomic E-state index is -0.219. The van der Waals surface area contributed by atoms with Crippen molar-refractivity contribution in [1.29, 1.82) is 0 Å². The van der Waals surface area contributed by atoms with Crippen molar-refractivity contribution in [2.45, 2.75) is 64.5 Å². The van der Waals surface area contributed by atoms with Crippen molar-refractivity contribution in [2.75, 3.05) is 6.54 Å². The first-order chi connectivity index (χ1) is 10.0. The molecule has 1 saturated carbocycles. The van der Waals surface area contributed by atoms with Gasteiger partial charge < -0.3 is 5.32 Å². The van der Waals surface area contributed by atoms with Gasteiger partial charge in [0, 0.05) is 17.6 Å². The second-order valence-corrected chi connectivity index (χ2v) is 7.21. The molecule has 0 aromatic carbocycles. The van der Waals surface area contributed by atoms with Gasteiger partial charge in [0.05, 0.1) is 12.1 Å². The third-order valence-electron chi connectivity index (χ3n) is 4.71. The van der Waals surface area contributed by atoms with Crippen molar-refractivity contribution < 1.29 is 4.79 Å². The van der Waals surface area contributed by atoms with Crippen LogP contribution in [0.1, 0.15) is 57.9 Å². The van der Waals surface area contributed by atoms with Crippen molar-refractivity contribution in [3.63, 3.8) is 0 Å². The van der Waals surface area contributed by atoms with Crippen LogP contribution in [0.5, 0.6) is 0 Å². The van der Waals surface area contributed by atoms with E-state index in [9.17, 15) is 4.79 Å². The first-order valence-corrected chi connectivity index (χ1v) is 8.87. The molecule has 5 heteroatoms. The summed E-state index contributed by atoms with van der Waals surface area (Å²) in [5.74, 6) is 0.698. The van der Waals surface area contributed by atoms with Gasteiger partial charge in [-0.15, -0.1) is 11.3 Å². The summed E-state index contributed by atoms with van der Waals surface area (Å²) in [5, 5.41) is 9.61. The summed E-state index contributed by atoms with van der Waals surface area (Å²) in [4.78, 5) is 16.6. The van der Waals surface area contributed by atoms with Crippen LogP contribution in [0.3, 0.4) is 0 Å². The highest BCUT2D eigenvalue weighted by atomic mass is 32.1. The SMILES string of the molecule is CCC(C)(NCC(=O)NC1CCCCC1C)c1nccs1. The normalized spacial score (nSPS) is 25.3. The van der Waals surface area contributed by atoms with Gasteiger partial charge in [-0.1, -0.05) is 26.7 Å². The molecule has 3 atom stereocenters. The molecule has 0 bridgehead atoms. The number of aromatic nitrogens is 1. The Bertz CT molecular complexity index is 448. The van der Waals surface area contributed by atoms with Crippen LogP contribution in [0.15, 0.2) is 11.6 Å². The lowest BCUT2D eigenvalue weighted by atomic mass is 9.86. The van der Waals surface area contributed by atoms with Crippen LogP contribution in [0.25, 0.3) is 0 Å². The maximum absolute atomic E-state index is 12.2. The number of rotatable bonds is 6. The van der Waals surface area contributed by atoms with Gasteiger partial charge in [0.15, 0.2) is 0 Å². The summed E-state index contributed by atoms with van der Waals surface area (Å²) in [6, 6.07) is 0.348. The Morgan fingerprint density at radius 2 is 2.24 bits per heavy atom. The number of hydrogen-bond donors (Lipinski definition) is 2. The highest BCUT2D eigenvalue weighted by molar-refractivity contribution is 7.09. The summed E-state index contributed by atoms with van der Waals surface area (Å²) in [6.45, 7) is 6.83. The molecule has 4 nitrogen and oxygen atoms in total. The average molecular weight is 309 g/mol. The Labute approximate surface area is 131 Å². The van der Waals surface area contributed by atoms with Gasteiger partial charge in [0.25, 0.3) is 0 Å². The van der Waals surface area contributed by atoms with Crippen LogP contribution in [0, 0.1) is 5.92 Å². The first-order valence-electron chi connectivity index (χ1n) is 7.99. The van der Waals surface area contributed by atoms with Gasteiger partial charge in [0.2, 0.25) is 5.91 Å². The Morgan fingerprint density at radius 3 is 2.86 bits per heavy atom. The van der Waals surface area contributed by atoms with Crippen LogP contribution in [0.4, 0.5) is 0 Å². The topological polar surface area (TPSA) is 54.0 Å². The van der Waals surface area contributed by atoms with Gasteiger partial charge in [0.1, 0.15) is 5.01 Å². The van der Waals surface area contributed by atoms with Crippen molar-refractivity contribution in [3.05, 3.63) is 16.6 Å². The second kappa shape index (κ2) is 7.36. The maximum Gasteiger partial charge on any atom is 0.234 e. The van der Waals surface area contributed by atoms with Crippen LogP contribution in [0.2, 0.25) is 0 Å². The number of amides is 1. The third-order valence-corrected chi connectivity index (χ3v) is 5.75. The molecular formula is C16H27N3OS. The molecule has 1 heterocycles. The molecule has 1 aliphatic carbocycles. The quantitative estimate of drug-likeness (QED) is 0.849. The summed E-state index contributed by atoms with van der Waals surface area (Å²) in [5.41, 5.74) is -0.219. The van der Waals surface area contributed by atoms with E-state index >= 15 is 0 Å². The molecule has 1 aromatic heterocycles. The molecule has 2 rings (SSSR count). The third kappa shape index (κ3) is 4.27. The highest BCUT2D eigenvalue weighted by Crippen LogP contribution is 2.26. The molecule has 21 heavy (non-hydrogen) atoms. The van der Waals surface area contributed by atoms with Crippen LogP contribution < -0.4 is 10.6 Å². The maximum atomic E-state index is 12.2. The van der Waals surface area contributed by atoms with Crippen LogP contribution in [-0.4, -0.2) is 23.5 Å².